The fourth-order valence-electron chi connectivity index (χ4n) is 2.03. The van der Waals surface area contributed by atoms with Gasteiger partial charge in [-0.2, -0.15) is 0 Å². The van der Waals surface area contributed by atoms with Crippen molar-refractivity contribution in [1.29, 1.82) is 0 Å². The maximum absolute atomic E-state index is 5.63. The van der Waals surface area contributed by atoms with Crippen LogP contribution in [0.15, 0.2) is 49.2 Å². The van der Waals surface area contributed by atoms with Crippen molar-refractivity contribution in [3.05, 3.63) is 54.7 Å². The second-order valence-electron chi connectivity index (χ2n) is 4.00. The molecule has 2 aromatic rings. The summed E-state index contributed by atoms with van der Waals surface area (Å²) in [7, 11) is 0. The summed E-state index contributed by atoms with van der Waals surface area (Å²) >= 11 is 0. The van der Waals surface area contributed by atoms with Crippen molar-refractivity contribution in [3.63, 3.8) is 0 Å². The molecule has 0 saturated heterocycles. The standard InChI is InChI=1S/C14H17N3/c1-2-3-7-14(17-15)12-9-10-16-13-8-5-4-6-11(12)13/h2,4-6,8-10,14,17H,1,3,7,15H2. The minimum atomic E-state index is 0.140. The first kappa shape index (κ1) is 11.8. The van der Waals surface area contributed by atoms with Gasteiger partial charge in [-0.05, 0) is 30.5 Å². The zero-order valence-corrected chi connectivity index (χ0v) is 9.76. The lowest BCUT2D eigenvalue weighted by molar-refractivity contribution is 0.524. The molecule has 1 aromatic carbocycles. The molecule has 2 rings (SSSR count). The predicted octanol–water partition coefficient (Wildman–Crippen LogP) is 2.71. The SMILES string of the molecule is C=CCCC(NN)c1ccnc2ccccc12. The number of aromatic nitrogens is 1. The molecule has 1 heterocycles. The number of nitrogens with one attached hydrogen (secondary N) is 1. The fraction of sp³-hybridized carbons (Fsp3) is 0.214. The van der Waals surface area contributed by atoms with E-state index in [9.17, 15) is 0 Å². The van der Waals surface area contributed by atoms with Crippen LogP contribution in [-0.2, 0) is 0 Å². The Morgan fingerprint density at radius 2 is 2.18 bits per heavy atom. The first-order valence-corrected chi connectivity index (χ1v) is 5.77. The first-order valence-electron chi connectivity index (χ1n) is 5.77. The summed E-state index contributed by atoms with van der Waals surface area (Å²) < 4.78 is 0. The molecule has 17 heavy (non-hydrogen) atoms. The van der Waals surface area contributed by atoms with E-state index in [1.54, 1.807) is 0 Å². The third-order valence-electron chi connectivity index (χ3n) is 2.92. The average molecular weight is 227 g/mol. The van der Waals surface area contributed by atoms with Gasteiger partial charge >= 0.3 is 0 Å². The number of hydrazine groups is 1. The van der Waals surface area contributed by atoms with Crippen molar-refractivity contribution >= 4 is 10.9 Å². The third kappa shape index (κ3) is 2.52. The molecule has 3 nitrogen and oxygen atoms in total. The van der Waals surface area contributed by atoms with Gasteiger partial charge in [-0.25, -0.2) is 0 Å². The lowest BCUT2D eigenvalue weighted by atomic mass is 9.99. The van der Waals surface area contributed by atoms with E-state index in [0.717, 1.165) is 23.7 Å². The Morgan fingerprint density at radius 3 is 2.94 bits per heavy atom. The summed E-state index contributed by atoms with van der Waals surface area (Å²) in [6, 6.07) is 10.3. The maximum Gasteiger partial charge on any atom is 0.0705 e. The zero-order valence-electron chi connectivity index (χ0n) is 9.76. The number of hydrogen-bond acceptors (Lipinski definition) is 3. The Kier molecular flexibility index (Phi) is 3.85. The van der Waals surface area contributed by atoms with Crippen LogP contribution in [0.3, 0.4) is 0 Å². The first-order chi connectivity index (χ1) is 8.36. The van der Waals surface area contributed by atoms with E-state index in [4.69, 9.17) is 5.84 Å². The number of pyridine rings is 1. The lowest BCUT2D eigenvalue weighted by Gasteiger charge is -2.17. The molecule has 3 N–H and O–H groups in total. The van der Waals surface area contributed by atoms with Crippen LogP contribution in [0.1, 0.15) is 24.4 Å². The molecule has 0 aliphatic heterocycles. The van der Waals surface area contributed by atoms with Crippen molar-refractivity contribution < 1.29 is 0 Å². The average Bonchev–Trinajstić information content (AvgIpc) is 2.40. The normalized spacial score (nSPS) is 12.5. The van der Waals surface area contributed by atoms with Gasteiger partial charge in [0.2, 0.25) is 0 Å². The van der Waals surface area contributed by atoms with Crippen molar-refractivity contribution in [1.82, 2.24) is 10.4 Å². The minimum Gasteiger partial charge on any atom is -0.271 e. The number of rotatable bonds is 5. The van der Waals surface area contributed by atoms with Crippen LogP contribution in [0.5, 0.6) is 0 Å². The van der Waals surface area contributed by atoms with E-state index in [1.807, 2.05) is 36.5 Å². The van der Waals surface area contributed by atoms with Gasteiger partial charge < -0.3 is 0 Å². The summed E-state index contributed by atoms with van der Waals surface area (Å²) in [4.78, 5) is 4.35. The monoisotopic (exact) mass is 227 g/mol. The summed E-state index contributed by atoms with van der Waals surface area (Å²) in [6.07, 6.45) is 5.61. The number of benzene rings is 1. The molecule has 88 valence electrons. The van der Waals surface area contributed by atoms with Gasteiger partial charge in [-0.3, -0.25) is 16.3 Å². The molecule has 0 aliphatic carbocycles. The molecule has 0 aliphatic rings. The summed E-state index contributed by atoms with van der Waals surface area (Å²) in [6.45, 7) is 3.74. The van der Waals surface area contributed by atoms with Gasteiger partial charge in [-0.1, -0.05) is 24.3 Å². The summed E-state index contributed by atoms with van der Waals surface area (Å²) in [5.41, 5.74) is 5.07. The van der Waals surface area contributed by atoms with Gasteiger partial charge in [-0.15, -0.1) is 6.58 Å². The van der Waals surface area contributed by atoms with Gasteiger partial charge in [0.1, 0.15) is 0 Å². The molecular formula is C14H17N3. The highest BCUT2D eigenvalue weighted by molar-refractivity contribution is 5.82. The quantitative estimate of drug-likeness (QED) is 0.469. The number of hydrogen-bond donors (Lipinski definition) is 2. The molecular weight excluding hydrogens is 210 g/mol. The van der Waals surface area contributed by atoms with E-state index >= 15 is 0 Å². The van der Waals surface area contributed by atoms with Crippen molar-refractivity contribution in [3.8, 4) is 0 Å². The molecule has 0 amide bonds. The highest BCUT2D eigenvalue weighted by atomic mass is 15.2. The number of nitrogens with zero attached hydrogens (tertiary/aromatic N) is 1. The number of para-hydroxylation sites is 1. The summed E-state index contributed by atoms with van der Waals surface area (Å²) in [5.74, 6) is 5.63. The molecule has 1 unspecified atom stereocenters. The fourth-order valence-corrected chi connectivity index (χ4v) is 2.03. The van der Waals surface area contributed by atoms with Gasteiger partial charge in [0.05, 0.1) is 5.52 Å². The largest absolute Gasteiger partial charge is 0.271 e. The molecule has 1 atom stereocenters. The van der Waals surface area contributed by atoms with Crippen LogP contribution in [-0.4, -0.2) is 4.98 Å². The lowest BCUT2D eigenvalue weighted by Crippen LogP contribution is -2.28. The Morgan fingerprint density at radius 1 is 1.35 bits per heavy atom. The van der Waals surface area contributed by atoms with Crippen molar-refractivity contribution in [2.75, 3.05) is 0 Å². The molecule has 0 saturated carbocycles. The molecule has 0 bridgehead atoms. The van der Waals surface area contributed by atoms with Crippen LogP contribution < -0.4 is 11.3 Å². The Hall–Kier alpha value is -1.71. The Bertz CT molecular complexity index is 502. The smallest absolute Gasteiger partial charge is 0.0705 e. The third-order valence-corrected chi connectivity index (χ3v) is 2.92. The molecule has 0 radical (unpaired) electrons. The van der Waals surface area contributed by atoms with Crippen LogP contribution in [0.4, 0.5) is 0 Å². The van der Waals surface area contributed by atoms with E-state index in [0.29, 0.717) is 0 Å². The number of nitrogens with two attached hydrogens (primary N) is 1. The minimum absolute atomic E-state index is 0.140. The Balaban J connectivity index is 2.42. The molecule has 3 heteroatoms. The van der Waals surface area contributed by atoms with Gasteiger partial charge in [0.15, 0.2) is 0 Å². The van der Waals surface area contributed by atoms with Gasteiger partial charge in [0.25, 0.3) is 0 Å². The Labute approximate surface area is 101 Å². The number of allylic oxidation sites excluding steroid dienone is 1. The van der Waals surface area contributed by atoms with E-state index < -0.39 is 0 Å². The molecule has 0 spiro atoms. The predicted molar refractivity (Wildman–Crippen MR) is 71.2 cm³/mol. The van der Waals surface area contributed by atoms with Crippen molar-refractivity contribution in [2.45, 2.75) is 18.9 Å². The van der Waals surface area contributed by atoms with Crippen molar-refractivity contribution in [2.24, 2.45) is 5.84 Å². The van der Waals surface area contributed by atoms with E-state index in [-0.39, 0.29) is 6.04 Å². The second-order valence-corrected chi connectivity index (χ2v) is 4.00. The van der Waals surface area contributed by atoms with Crippen LogP contribution in [0, 0.1) is 0 Å². The van der Waals surface area contributed by atoms with E-state index in [1.165, 1.54) is 5.56 Å². The van der Waals surface area contributed by atoms with E-state index in [2.05, 4.69) is 23.1 Å². The molecule has 0 fully saturated rings. The van der Waals surface area contributed by atoms with Crippen LogP contribution in [0.25, 0.3) is 10.9 Å². The van der Waals surface area contributed by atoms with Crippen LogP contribution in [0.2, 0.25) is 0 Å². The maximum atomic E-state index is 5.63. The van der Waals surface area contributed by atoms with Gasteiger partial charge in [0, 0.05) is 17.6 Å². The highest BCUT2D eigenvalue weighted by Gasteiger charge is 2.11. The second kappa shape index (κ2) is 5.57. The van der Waals surface area contributed by atoms with Crippen LogP contribution >= 0.6 is 0 Å². The number of fused-ring (bicyclic) bond motifs is 1. The highest BCUT2D eigenvalue weighted by Crippen LogP contribution is 2.25. The topological polar surface area (TPSA) is 50.9 Å². The zero-order chi connectivity index (χ0) is 12.1. The summed E-state index contributed by atoms with van der Waals surface area (Å²) in [5, 5.41) is 1.15. The molecule has 1 aromatic heterocycles.